The van der Waals surface area contributed by atoms with Crippen molar-refractivity contribution in [2.24, 2.45) is 0 Å². The predicted octanol–water partition coefficient (Wildman–Crippen LogP) is 3.37. The highest BCUT2D eigenvalue weighted by atomic mass is 16.5. The first kappa shape index (κ1) is 17.6. The number of likely N-dealkylation sites (tertiary alicyclic amines) is 2. The Morgan fingerprint density at radius 3 is 2.71 bits per heavy atom. The van der Waals surface area contributed by atoms with Crippen LogP contribution >= 0.6 is 0 Å². The van der Waals surface area contributed by atoms with Crippen molar-refractivity contribution in [1.29, 1.82) is 0 Å². The van der Waals surface area contributed by atoms with Gasteiger partial charge in [0.1, 0.15) is 17.0 Å². The van der Waals surface area contributed by atoms with Crippen LogP contribution in [-0.4, -0.2) is 57.4 Å². The van der Waals surface area contributed by atoms with Gasteiger partial charge in [0.05, 0.1) is 6.54 Å². The molecule has 28 heavy (non-hydrogen) atoms. The zero-order valence-corrected chi connectivity index (χ0v) is 16.2. The number of aryl methyl sites for hydroxylation is 1. The van der Waals surface area contributed by atoms with Crippen molar-refractivity contribution in [1.82, 2.24) is 25.2 Å². The molecule has 1 unspecified atom stereocenters. The van der Waals surface area contributed by atoms with Crippen molar-refractivity contribution in [2.45, 2.75) is 38.8 Å². The molecule has 2 saturated heterocycles. The summed E-state index contributed by atoms with van der Waals surface area (Å²) in [5, 5.41) is 12.8. The van der Waals surface area contributed by atoms with E-state index in [9.17, 15) is 0 Å². The Hall–Kier alpha value is -2.51. The lowest BCUT2D eigenvalue weighted by molar-refractivity contribution is 0.222. The van der Waals surface area contributed by atoms with E-state index in [0.717, 1.165) is 29.9 Å². The SMILES string of the molecule is Cc1onc(-c2ccccc2)c1-c1nnc(CN2CCC(N3CCCC3)C2)o1. The third-order valence-corrected chi connectivity index (χ3v) is 5.85. The minimum atomic E-state index is 0.475. The third-order valence-electron chi connectivity index (χ3n) is 5.85. The first-order valence-electron chi connectivity index (χ1n) is 10.1. The second-order valence-corrected chi connectivity index (χ2v) is 7.75. The third kappa shape index (κ3) is 3.36. The number of hydrogen-bond acceptors (Lipinski definition) is 7. The molecule has 0 saturated carbocycles. The minimum absolute atomic E-state index is 0.475. The molecular weight excluding hydrogens is 354 g/mol. The lowest BCUT2D eigenvalue weighted by Gasteiger charge is -2.23. The van der Waals surface area contributed by atoms with E-state index in [4.69, 9.17) is 8.94 Å². The summed E-state index contributed by atoms with van der Waals surface area (Å²) < 4.78 is 11.4. The maximum atomic E-state index is 6.02. The van der Waals surface area contributed by atoms with Gasteiger partial charge >= 0.3 is 0 Å². The normalized spacial score (nSPS) is 21.0. The average molecular weight is 379 g/mol. The summed E-state index contributed by atoms with van der Waals surface area (Å²) >= 11 is 0. The van der Waals surface area contributed by atoms with Gasteiger partial charge in [-0.2, -0.15) is 0 Å². The lowest BCUT2D eigenvalue weighted by Crippen LogP contribution is -2.35. The summed E-state index contributed by atoms with van der Waals surface area (Å²) in [6, 6.07) is 10.6. The first-order valence-corrected chi connectivity index (χ1v) is 10.1. The molecule has 1 aromatic carbocycles. The number of rotatable bonds is 5. The van der Waals surface area contributed by atoms with Gasteiger partial charge in [-0.05, 0) is 39.3 Å². The average Bonchev–Trinajstić information content (AvgIpc) is 3.50. The van der Waals surface area contributed by atoms with Crippen LogP contribution in [0.2, 0.25) is 0 Å². The van der Waals surface area contributed by atoms with E-state index in [-0.39, 0.29) is 0 Å². The standard InChI is InChI=1S/C21H25N5O2/c1-15-19(20(24-28-15)16-7-3-2-4-8-16)21-23-22-18(27-21)14-25-12-9-17(13-25)26-10-5-6-11-26/h2-4,7-8,17H,5-6,9-14H2,1H3. The van der Waals surface area contributed by atoms with Crippen LogP contribution in [0.4, 0.5) is 0 Å². The Morgan fingerprint density at radius 2 is 1.89 bits per heavy atom. The Bertz CT molecular complexity index is 929. The van der Waals surface area contributed by atoms with E-state index in [1.165, 1.54) is 32.4 Å². The highest BCUT2D eigenvalue weighted by Crippen LogP contribution is 2.33. The Labute approximate surface area is 164 Å². The molecule has 0 amide bonds. The van der Waals surface area contributed by atoms with E-state index in [0.29, 0.717) is 30.1 Å². The van der Waals surface area contributed by atoms with Crippen LogP contribution in [0.1, 0.15) is 30.9 Å². The molecule has 2 aromatic heterocycles. The predicted molar refractivity (Wildman–Crippen MR) is 104 cm³/mol. The molecule has 2 fully saturated rings. The molecule has 2 aliphatic rings. The van der Waals surface area contributed by atoms with E-state index in [2.05, 4.69) is 25.2 Å². The number of aromatic nitrogens is 3. The molecule has 146 valence electrons. The van der Waals surface area contributed by atoms with E-state index in [1.807, 2.05) is 37.3 Å². The highest BCUT2D eigenvalue weighted by Gasteiger charge is 2.30. The molecule has 0 spiro atoms. The summed E-state index contributed by atoms with van der Waals surface area (Å²) in [6.45, 7) is 7.23. The van der Waals surface area contributed by atoms with Crippen LogP contribution < -0.4 is 0 Å². The number of hydrogen-bond donors (Lipinski definition) is 0. The van der Waals surface area contributed by atoms with Gasteiger partial charge in [0.25, 0.3) is 5.89 Å². The molecule has 3 aromatic rings. The largest absolute Gasteiger partial charge is 0.419 e. The molecule has 0 N–H and O–H groups in total. The minimum Gasteiger partial charge on any atom is -0.419 e. The zero-order chi connectivity index (χ0) is 18.9. The summed E-state index contributed by atoms with van der Waals surface area (Å²) in [6.07, 6.45) is 3.90. The van der Waals surface area contributed by atoms with Crippen LogP contribution in [0.15, 0.2) is 39.3 Å². The van der Waals surface area contributed by atoms with Gasteiger partial charge in [-0.25, -0.2) is 0 Å². The van der Waals surface area contributed by atoms with Crippen molar-refractivity contribution in [3.05, 3.63) is 42.0 Å². The zero-order valence-electron chi connectivity index (χ0n) is 16.2. The highest BCUT2D eigenvalue weighted by molar-refractivity contribution is 5.77. The summed E-state index contributed by atoms with van der Waals surface area (Å²) in [5.41, 5.74) is 2.49. The summed E-state index contributed by atoms with van der Waals surface area (Å²) in [7, 11) is 0. The molecule has 0 aliphatic carbocycles. The Balaban J connectivity index is 1.32. The fourth-order valence-electron chi connectivity index (χ4n) is 4.39. The molecule has 1 atom stereocenters. The molecule has 0 bridgehead atoms. The number of benzene rings is 1. The second kappa shape index (κ2) is 7.48. The molecular formula is C21H25N5O2. The van der Waals surface area contributed by atoms with Crippen LogP contribution in [0, 0.1) is 6.92 Å². The number of nitrogens with zero attached hydrogens (tertiary/aromatic N) is 5. The van der Waals surface area contributed by atoms with Crippen molar-refractivity contribution in [2.75, 3.05) is 26.2 Å². The molecule has 7 heteroatoms. The van der Waals surface area contributed by atoms with Crippen molar-refractivity contribution < 1.29 is 8.94 Å². The Morgan fingerprint density at radius 1 is 1.07 bits per heavy atom. The van der Waals surface area contributed by atoms with Gasteiger partial charge in [0.15, 0.2) is 0 Å². The maximum Gasteiger partial charge on any atom is 0.253 e. The van der Waals surface area contributed by atoms with Crippen molar-refractivity contribution in [3.63, 3.8) is 0 Å². The van der Waals surface area contributed by atoms with Gasteiger partial charge in [0, 0.05) is 24.7 Å². The van der Waals surface area contributed by atoms with Gasteiger partial charge in [0.2, 0.25) is 5.89 Å². The summed E-state index contributed by atoms with van der Waals surface area (Å²) in [4.78, 5) is 5.05. The van der Waals surface area contributed by atoms with Gasteiger partial charge in [-0.1, -0.05) is 35.5 Å². The van der Waals surface area contributed by atoms with Gasteiger partial charge in [-0.15, -0.1) is 10.2 Å². The van der Waals surface area contributed by atoms with E-state index in [1.54, 1.807) is 0 Å². The fraction of sp³-hybridized carbons (Fsp3) is 0.476. The molecule has 5 rings (SSSR count). The van der Waals surface area contributed by atoms with Crippen LogP contribution in [0.3, 0.4) is 0 Å². The monoisotopic (exact) mass is 379 g/mol. The van der Waals surface area contributed by atoms with Crippen LogP contribution in [-0.2, 0) is 6.54 Å². The van der Waals surface area contributed by atoms with Crippen LogP contribution in [0.25, 0.3) is 22.7 Å². The van der Waals surface area contributed by atoms with Gasteiger partial charge in [-0.3, -0.25) is 9.80 Å². The molecule has 0 radical (unpaired) electrons. The fourth-order valence-corrected chi connectivity index (χ4v) is 4.39. The topological polar surface area (TPSA) is 71.4 Å². The quantitative estimate of drug-likeness (QED) is 0.673. The van der Waals surface area contributed by atoms with Crippen molar-refractivity contribution >= 4 is 0 Å². The summed E-state index contributed by atoms with van der Waals surface area (Å²) in [5.74, 6) is 1.81. The lowest BCUT2D eigenvalue weighted by atomic mass is 10.1. The Kier molecular flexibility index (Phi) is 4.70. The maximum absolute atomic E-state index is 6.02. The van der Waals surface area contributed by atoms with E-state index < -0.39 is 0 Å². The molecule has 7 nitrogen and oxygen atoms in total. The van der Waals surface area contributed by atoms with Crippen molar-refractivity contribution in [3.8, 4) is 22.7 Å². The molecule has 4 heterocycles. The van der Waals surface area contributed by atoms with Crippen LogP contribution in [0.5, 0.6) is 0 Å². The first-order chi connectivity index (χ1) is 13.8. The molecule has 2 aliphatic heterocycles. The van der Waals surface area contributed by atoms with E-state index >= 15 is 0 Å². The second-order valence-electron chi connectivity index (χ2n) is 7.75. The smallest absolute Gasteiger partial charge is 0.253 e. The van der Waals surface area contributed by atoms with Gasteiger partial charge < -0.3 is 8.94 Å².